The highest BCUT2D eigenvalue weighted by Gasteiger charge is 2.54. The van der Waals surface area contributed by atoms with Crippen LogP contribution in [0.25, 0.3) is 33.4 Å². The van der Waals surface area contributed by atoms with Gasteiger partial charge in [-0.25, -0.2) is 0 Å². The van der Waals surface area contributed by atoms with Crippen molar-refractivity contribution in [1.29, 1.82) is 0 Å². The maximum atomic E-state index is 2.53. The molecule has 0 amide bonds. The topological polar surface area (TPSA) is 6.48 Å². The molecule has 0 saturated carbocycles. The van der Waals surface area contributed by atoms with E-state index in [1.165, 1.54) is 77.9 Å². The smallest absolute Gasteiger partial charge is 0.0720 e. The molecule has 0 aliphatic heterocycles. The zero-order valence-corrected chi connectivity index (χ0v) is 39.5. The molecule has 69 heavy (non-hydrogen) atoms. The average molecular weight is 885 g/mol. The maximum Gasteiger partial charge on any atom is 0.0720 e. The second kappa shape index (κ2) is 15.4. The third-order valence-corrected chi connectivity index (χ3v) is 15.7. The Kier molecular flexibility index (Phi) is 9.17. The van der Waals surface area contributed by atoms with Gasteiger partial charge in [0.15, 0.2) is 0 Å². The van der Waals surface area contributed by atoms with E-state index >= 15 is 0 Å². The van der Waals surface area contributed by atoms with Gasteiger partial charge in [-0.1, -0.05) is 204 Å². The fraction of sp³-hybridized carbons (Fsp3) is 0.104. The molecule has 0 N–H and O–H groups in total. The van der Waals surface area contributed by atoms with Crippen LogP contribution in [0.1, 0.15) is 72.2 Å². The van der Waals surface area contributed by atoms with Crippen LogP contribution in [-0.4, -0.2) is 0 Å². The molecule has 0 bridgehead atoms. The maximum absolute atomic E-state index is 2.53. The molecule has 2 nitrogen and oxygen atoms in total. The van der Waals surface area contributed by atoms with Gasteiger partial charge in [0.1, 0.15) is 0 Å². The summed E-state index contributed by atoms with van der Waals surface area (Å²) in [6, 6.07) is 90.4. The summed E-state index contributed by atoms with van der Waals surface area (Å²) in [6.07, 6.45) is 0. The highest BCUT2D eigenvalue weighted by atomic mass is 15.2. The molecule has 0 radical (unpaired) electrons. The Hall–Kier alpha value is -8.20. The van der Waals surface area contributed by atoms with Crippen LogP contribution < -0.4 is 9.80 Å². The summed E-state index contributed by atoms with van der Waals surface area (Å²) in [5, 5.41) is 0. The summed E-state index contributed by atoms with van der Waals surface area (Å²) in [5.41, 5.74) is 24.3. The number of anilines is 6. The molecule has 0 unspecified atom stereocenters. The van der Waals surface area contributed by atoms with Crippen molar-refractivity contribution in [3.63, 3.8) is 0 Å². The molecule has 1 spiro atoms. The molecule has 0 atom stereocenters. The second-order valence-electron chi connectivity index (χ2n) is 20.0. The molecule has 13 rings (SSSR count). The Morgan fingerprint density at radius 1 is 0.261 bits per heavy atom. The van der Waals surface area contributed by atoms with E-state index in [1.54, 1.807) is 0 Å². The summed E-state index contributed by atoms with van der Waals surface area (Å²) in [4.78, 5) is 4.89. The van der Waals surface area contributed by atoms with Gasteiger partial charge >= 0.3 is 0 Å². The molecule has 10 aromatic carbocycles. The fourth-order valence-electron chi connectivity index (χ4n) is 12.5. The van der Waals surface area contributed by atoms with Crippen LogP contribution in [0.3, 0.4) is 0 Å². The minimum atomic E-state index is -0.506. The molecule has 0 fully saturated rings. The Bertz CT molecular complexity index is 3550. The molecule has 330 valence electrons. The van der Waals surface area contributed by atoms with Gasteiger partial charge in [-0.2, -0.15) is 0 Å². The van der Waals surface area contributed by atoms with E-state index in [-0.39, 0.29) is 10.8 Å². The third kappa shape index (κ3) is 5.98. The first kappa shape index (κ1) is 41.0. The van der Waals surface area contributed by atoms with E-state index in [2.05, 4.69) is 280 Å². The zero-order valence-electron chi connectivity index (χ0n) is 39.5. The van der Waals surface area contributed by atoms with Crippen molar-refractivity contribution in [2.45, 2.75) is 43.9 Å². The SMILES string of the molecule is CC1(C)c2ccccc2-c2ccc(N(c3ccc(N(c4ccccc4)c4ccc(-c5ccccc5)cc4)cc3)c3cccc4c3-c3ccccc3C43c4ccccc4C(C)(C)c4ccccc43)cc21. The Morgan fingerprint density at radius 2 is 0.681 bits per heavy atom. The lowest BCUT2D eigenvalue weighted by atomic mass is 9.55. The van der Waals surface area contributed by atoms with Gasteiger partial charge in [-0.05, 0) is 139 Å². The Balaban J connectivity index is 1.03. The summed E-state index contributed by atoms with van der Waals surface area (Å²) < 4.78 is 0. The van der Waals surface area contributed by atoms with Gasteiger partial charge in [0.05, 0.1) is 11.1 Å². The zero-order chi connectivity index (χ0) is 46.5. The van der Waals surface area contributed by atoms with E-state index < -0.39 is 5.41 Å². The molecular formula is C67H52N2. The molecule has 10 aromatic rings. The largest absolute Gasteiger partial charge is 0.311 e. The van der Waals surface area contributed by atoms with Gasteiger partial charge < -0.3 is 9.80 Å². The molecular weight excluding hydrogens is 833 g/mol. The van der Waals surface area contributed by atoms with Crippen LogP contribution in [0.5, 0.6) is 0 Å². The van der Waals surface area contributed by atoms with Crippen LogP contribution in [-0.2, 0) is 16.2 Å². The quantitative estimate of drug-likeness (QED) is 0.157. The van der Waals surface area contributed by atoms with Crippen molar-refractivity contribution in [1.82, 2.24) is 0 Å². The lowest BCUT2D eigenvalue weighted by Gasteiger charge is -2.46. The van der Waals surface area contributed by atoms with Crippen LogP contribution in [0.15, 0.2) is 243 Å². The van der Waals surface area contributed by atoms with Crippen molar-refractivity contribution >= 4 is 34.1 Å². The standard InChI is InChI=1S/C67H52N2/c1-65(2)55-26-13-11-24-52(55)53-43-42-51(44-62(53)65)69(50-40-38-49(39-41-50)68(47-22-9-6-10-23-47)48-36-34-46(35-37-48)45-20-7-5-8-21-45)63-33-19-32-61-64(63)54-25-12-14-27-56(54)67(61)59-30-17-15-28-57(59)66(3,4)58-29-16-18-31-60(58)67/h5-44H,1-4H3. The Labute approximate surface area is 406 Å². The lowest BCUT2D eigenvalue weighted by molar-refractivity contribution is 0.563. The highest BCUT2D eigenvalue weighted by molar-refractivity contribution is 5.99. The fourth-order valence-corrected chi connectivity index (χ4v) is 12.5. The molecule has 0 saturated heterocycles. The average Bonchev–Trinajstić information content (AvgIpc) is 3.83. The minimum Gasteiger partial charge on any atom is -0.311 e. The van der Waals surface area contributed by atoms with Crippen molar-refractivity contribution < 1.29 is 0 Å². The van der Waals surface area contributed by atoms with E-state index in [4.69, 9.17) is 0 Å². The van der Waals surface area contributed by atoms with Gasteiger partial charge in [-0.3, -0.25) is 0 Å². The number of nitrogens with zero attached hydrogens (tertiary/aromatic N) is 2. The first-order valence-corrected chi connectivity index (χ1v) is 24.3. The first-order chi connectivity index (χ1) is 33.8. The summed E-state index contributed by atoms with van der Waals surface area (Å²) in [7, 11) is 0. The predicted octanol–water partition coefficient (Wildman–Crippen LogP) is 17.6. The van der Waals surface area contributed by atoms with Crippen LogP contribution in [0.2, 0.25) is 0 Å². The van der Waals surface area contributed by atoms with E-state index in [0.29, 0.717) is 0 Å². The second-order valence-corrected chi connectivity index (χ2v) is 20.0. The molecule has 0 aromatic heterocycles. The van der Waals surface area contributed by atoms with Crippen LogP contribution >= 0.6 is 0 Å². The normalized spacial score (nSPS) is 14.7. The molecule has 0 heterocycles. The number of hydrogen-bond donors (Lipinski definition) is 0. The number of fused-ring (bicyclic) bond motifs is 12. The molecule has 2 heteroatoms. The number of para-hydroxylation sites is 1. The summed E-state index contributed by atoms with van der Waals surface area (Å²) in [6.45, 7) is 9.55. The minimum absolute atomic E-state index is 0.165. The summed E-state index contributed by atoms with van der Waals surface area (Å²) in [5.74, 6) is 0. The van der Waals surface area contributed by atoms with Gasteiger partial charge in [0.25, 0.3) is 0 Å². The number of benzene rings is 10. The number of hydrogen-bond acceptors (Lipinski definition) is 2. The molecule has 3 aliphatic rings. The highest BCUT2D eigenvalue weighted by Crippen LogP contribution is 2.64. The third-order valence-electron chi connectivity index (χ3n) is 15.7. The van der Waals surface area contributed by atoms with E-state index in [1.807, 2.05) is 0 Å². The van der Waals surface area contributed by atoms with Crippen molar-refractivity contribution in [2.24, 2.45) is 0 Å². The van der Waals surface area contributed by atoms with Gasteiger partial charge in [0.2, 0.25) is 0 Å². The van der Waals surface area contributed by atoms with Crippen LogP contribution in [0.4, 0.5) is 34.1 Å². The lowest BCUT2D eigenvalue weighted by Crippen LogP contribution is -2.40. The monoisotopic (exact) mass is 884 g/mol. The van der Waals surface area contributed by atoms with Gasteiger partial charge in [-0.15, -0.1) is 0 Å². The Morgan fingerprint density at radius 3 is 1.32 bits per heavy atom. The van der Waals surface area contributed by atoms with Crippen LogP contribution in [0, 0.1) is 0 Å². The van der Waals surface area contributed by atoms with Gasteiger partial charge in [0, 0.05) is 44.8 Å². The van der Waals surface area contributed by atoms with Crippen molar-refractivity contribution in [2.75, 3.05) is 9.80 Å². The molecule has 3 aliphatic carbocycles. The van der Waals surface area contributed by atoms with E-state index in [0.717, 1.165) is 34.1 Å². The first-order valence-electron chi connectivity index (χ1n) is 24.3. The van der Waals surface area contributed by atoms with Crippen molar-refractivity contribution in [3.05, 3.63) is 287 Å². The summed E-state index contributed by atoms with van der Waals surface area (Å²) >= 11 is 0. The van der Waals surface area contributed by atoms with E-state index in [9.17, 15) is 0 Å². The predicted molar refractivity (Wildman–Crippen MR) is 288 cm³/mol. The van der Waals surface area contributed by atoms with Crippen molar-refractivity contribution in [3.8, 4) is 33.4 Å². The number of rotatable bonds is 7.